The van der Waals surface area contributed by atoms with Crippen LogP contribution in [0.15, 0.2) is 18.2 Å². The highest BCUT2D eigenvalue weighted by atomic mass is 16.5. The third-order valence-electron chi connectivity index (χ3n) is 4.22. The number of nitrogens with zero attached hydrogens (tertiary/aromatic N) is 1. The molecule has 6 nitrogen and oxygen atoms in total. The van der Waals surface area contributed by atoms with E-state index in [4.69, 9.17) is 9.47 Å². The van der Waals surface area contributed by atoms with Gasteiger partial charge in [-0.15, -0.1) is 0 Å². The van der Waals surface area contributed by atoms with E-state index in [-0.39, 0.29) is 18.2 Å². The maximum atomic E-state index is 11.9. The molecule has 2 N–H and O–H groups in total. The Morgan fingerprint density at radius 2 is 1.96 bits per heavy atom. The van der Waals surface area contributed by atoms with Gasteiger partial charge >= 0.3 is 6.03 Å². The van der Waals surface area contributed by atoms with Gasteiger partial charge in [0.25, 0.3) is 0 Å². The number of amides is 2. The number of urea groups is 1. The summed E-state index contributed by atoms with van der Waals surface area (Å²) in [4.78, 5) is 14.1. The Morgan fingerprint density at radius 3 is 2.64 bits per heavy atom. The number of ether oxygens (including phenoxy) is 2. The predicted octanol–water partition coefficient (Wildman–Crippen LogP) is 2.26. The first kappa shape index (κ1) is 19.5. The number of aryl methyl sites for hydroxylation is 1. The molecule has 0 atom stereocenters. The summed E-state index contributed by atoms with van der Waals surface area (Å²) in [7, 11) is 0. The number of nitrogens with one attached hydrogen (secondary N) is 2. The Balaban J connectivity index is 1.72. The first-order valence-corrected chi connectivity index (χ1v) is 8.92. The van der Waals surface area contributed by atoms with Gasteiger partial charge in [-0.2, -0.15) is 0 Å². The summed E-state index contributed by atoms with van der Waals surface area (Å²) in [6, 6.07) is 5.91. The lowest BCUT2D eigenvalue weighted by molar-refractivity contribution is 0.0387. The molecule has 0 spiro atoms. The number of hydrogen-bond acceptors (Lipinski definition) is 4. The van der Waals surface area contributed by atoms with E-state index in [1.54, 1.807) is 0 Å². The minimum absolute atomic E-state index is 0.0121. The van der Waals surface area contributed by atoms with Crippen LogP contribution in [-0.4, -0.2) is 57.1 Å². The van der Waals surface area contributed by atoms with Crippen molar-refractivity contribution >= 4 is 6.03 Å². The van der Waals surface area contributed by atoms with Crippen molar-refractivity contribution in [3.05, 3.63) is 29.3 Å². The van der Waals surface area contributed by atoms with Crippen LogP contribution in [0.2, 0.25) is 0 Å². The minimum atomic E-state index is -0.210. The Labute approximate surface area is 150 Å². The van der Waals surface area contributed by atoms with Gasteiger partial charge in [0.15, 0.2) is 6.73 Å². The normalized spacial score (nSPS) is 15.7. The van der Waals surface area contributed by atoms with Crippen molar-refractivity contribution in [3.8, 4) is 5.75 Å². The van der Waals surface area contributed by atoms with E-state index in [1.807, 2.05) is 12.1 Å². The van der Waals surface area contributed by atoms with Crippen LogP contribution in [0, 0.1) is 6.92 Å². The van der Waals surface area contributed by atoms with Gasteiger partial charge in [-0.05, 0) is 24.0 Å². The van der Waals surface area contributed by atoms with Crippen molar-refractivity contribution in [3.63, 3.8) is 0 Å². The summed E-state index contributed by atoms with van der Waals surface area (Å²) in [6.45, 7) is 13.5. The Morgan fingerprint density at radius 1 is 1.24 bits per heavy atom. The van der Waals surface area contributed by atoms with Crippen LogP contribution >= 0.6 is 0 Å². The summed E-state index contributed by atoms with van der Waals surface area (Å²) in [6.07, 6.45) is 0. The van der Waals surface area contributed by atoms with Crippen LogP contribution in [0.3, 0.4) is 0 Å². The fraction of sp³-hybridized carbons (Fsp3) is 0.632. The van der Waals surface area contributed by atoms with Crippen molar-refractivity contribution < 1.29 is 14.3 Å². The van der Waals surface area contributed by atoms with Gasteiger partial charge in [0, 0.05) is 26.2 Å². The molecule has 1 aliphatic heterocycles. The average Bonchev–Trinajstić information content (AvgIpc) is 2.56. The fourth-order valence-electron chi connectivity index (χ4n) is 2.75. The third kappa shape index (κ3) is 6.55. The van der Waals surface area contributed by atoms with Crippen molar-refractivity contribution in [2.75, 3.05) is 46.1 Å². The molecule has 1 aromatic carbocycles. The SMILES string of the molecule is Cc1ccc(OCNC(=O)NCCN2CCOCC2)c(C(C)(C)C)c1. The maximum absolute atomic E-state index is 11.9. The zero-order chi connectivity index (χ0) is 18.3. The number of carbonyl (C=O) groups excluding carboxylic acids is 1. The molecule has 2 amide bonds. The summed E-state index contributed by atoms with van der Waals surface area (Å²) in [5, 5.41) is 5.60. The smallest absolute Gasteiger partial charge is 0.317 e. The Kier molecular flexibility index (Phi) is 7.08. The Hall–Kier alpha value is -1.79. The monoisotopic (exact) mass is 349 g/mol. The van der Waals surface area contributed by atoms with Crippen LogP contribution in [-0.2, 0) is 10.2 Å². The molecule has 2 rings (SSSR count). The van der Waals surface area contributed by atoms with Crippen LogP contribution < -0.4 is 15.4 Å². The molecule has 0 aliphatic carbocycles. The summed E-state index contributed by atoms with van der Waals surface area (Å²) in [5.74, 6) is 0.812. The van der Waals surface area contributed by atoms with Gasteiger partial charge in [-0.3, -0.25) is 4.90 Å². The molecule has 0 saturated carbocycles. The minimum Gasteiger partial charge on any atom is -0.473 e. The number of carbonyl (C=O) groups is 1. The molecule has 1 heterocycles. The molecule has 1 aliphatic rings. The number of rotatable bonds is 6. The number of benzene rings is 1. The summed E-state index contributed by atoms with van der Waals surface area (Å²) in [5.41, 5.74) is 2.33. The van der Waals surface area contributed by atoms with Crippen molar-refractivity contribution in [2.24, 2.45) is 0 Å². The number of hydrogen-bond donors (Lipinski definition) is 2. The van der Waals surface area contributed by atoms with Gasteiger partial charge < -0.3 is 20.1 Å². The molecular weight excluding hydrogens is 318 g/mol. The average molecular weight is 349 g/mol. The van der Waals surface area contributed by atoms with Crippen LogP contribution in [0.1, 0.15) is 31.9 Å². The van der Waals surface area contributed by atoms with Gasteiger partial charge in [-0.1, -0.05) is 38.5 Å². The van der Waals surface area contributed by atoms with Gasteiger partial charge in [0.1, 0.15) is 5.75 Å². The molecule has 1 saturated heterocycles. The van der Waals surface area contributed by atoms with E-state index in [9.17, 15) is 4.79 Å². The van der Waals surface area contributed by atoms with Crippen molar-refractivity contribution in [1.29, 1.82) is 0 Å². The molecule has 0 radical (unpaired) electrons. The molecule has 0 unspecified atom stereocenters. The maximum Gasteiger partial charge on any atom is 0.317 e. The van der Waals surface area contributed by atoms with E-state index < -0.39 is 0 Å². The first-order valence-electron chi connectivity index (χ1n) is 8.92. The Bertz CT molecular complexity index is 564. The molecule has 1 fully saturated rings. The molecule has 25 heavy (non-hydrogen) atoms. The van der Waals surface area contributed by atoms with Crippen LogP contribution in [0.5, 0.6) is 5.75 Å². The second kappa shape index (κ2) is 9.06. The number of morpholine rings is 1. The van der Waals surface area contributed by atoms with Crippen LogP contribution in [0.4, 0.5) is 4.79 Å². The van der Waals surface area contributed by atoms with E-state index in [2.05, 4.69) is 49.3 Å². The lowest BCUT2D eigenvalue weighted by Gasteiger charge is -2.26. The molecule has 0 bridgehead atoms. The van der Waals surface area contributed by atoms with Crippen LogP contribution in [0.25, 0.3) is 0 Å². The highest BCUT2D eigenvalue weighted by Gasteiger charge is 2.19. The van der Waals surface area contributed by atoms with E-state index in [1.165, 1.54) is 5.56 Å². The molecular formula is C19H31N3O3. The molecule has 0 aromatic heterocycles. The first-order chi connectivity index (χ1) is 11.9. The van der Waals surface area contributed by atoms with Crippen molar-refractivity contribution in [1.82, 2.24) is 15.5 Å². The van der Waals surface area contributed by atoms with Gasteiger partial charge in [0.2, 0.25) is 0 Å². The van der Waals surface area contributed by atoms with Gasteiger partial charge in [0.05, 0.1) is 13.2 Å². The van der Waals surface area contributed by atoms with E-state index >= 15 is 0 Å². The molecule has 140 valence electrons. The lowest BCUT2D eigenvalue weighted by atomic mass is 9.85. The quantitative estimate of drug-likeness (QED) is 0.774. The van der Waals surface area contributed by atoms with Gasteiger partial charge in [-0.25, -0.2) is 4.79 Å². The topological polar surface area (TPSA) is 62.8 Å². The van der Waals surface area contributed by atoms with E-state index in [0.29, 0.717) is 6.54 Å². The summed E-state index contributed by atoms with van der Waals surface area (Å²) < 4.78 is 11.1. The zero-order valence-corrected chi connectivity index (χ0v) is 15.9. The lowest BCUT2D eigenvalue weighted by Crippen LogP contribution is -2.44. The molecule has 6 heteroatoms. The van der Waals surface area contributed by atoms with Crippen molar-refractivity contribution in [2.45, 2.75) is 33.1 Å². The molecule has 1 aromatic rings. The third-order valence-corrected chi connectivity index (χ3v) is 4.22. The fourth-order valence-corrected chi connectivity index (χ4v) is 2.75. The largest absolute Gasteiger partial charge is 0.473 e. The highest BCUT2D eigenvalue weighted by molar-refractivity contribution is 5.73. The zero-order valence-electron chi connectivity index (χ0n) is 15.9. The predicted molar refractivity (Wildman–Crippen MR) is 99.2 cm³/mol. The second-order valence-electron chi connectivity index (χ2n) is 7.42. The second-order valence-corrected chi connectivity index (χ2v) is 7.42. The summed E-state index contributed by atoms with van der Waals surface area (Å²) >= 11 is 0. The van der Waals surface area contributed by atoms with E-state index in [0.717, 1.165) is 44.2 Å². The highest BCUT2D eigenvalue weighted by Crippen LogP contribution is 2.31. The standard InChI is InChI=1S/C19H31N3O3/c1-15-5-6-17(16(13-15)19(2,3)4)25-14-21-18(23)20-7-8-22-9-11-24-12-10-22/h5-6,13H,7-12,14H2,1-4H3,(H2,20,21,23).